The summed E-state index contributed by atoms with van der Waals surface area (Å²) < 4.78 is 0. The van der Waals surface area contributed by atoms with Crippen molar-refractivity contribution in [2.45, 2.75) is 50.7 Å². The Morgan fingerprint density at radius 3 is 2.52 bits per heavy atom. The third-order valence-electron chi connectivity index (χ3n) is 4.26. The summed E-state index contributed by atoms with van der Waals surface area (Å²) in [5.41, 5.74) is 6.72. The standard InChI is InChI=1S/C15H19N3O2S/c16-7-11-12(17)14(13(20)8-1-2-8)21-15(11)18-9-3-5-10(19)6-4-9/h8-10,18-19H,1-6,17H2. The van der Waals surface area contributed by atoms with E-state index in [1.54, 1.807) is 0 Å². The molecule has 21 heavy (non-hydrogen) atoms. The van der Waals surface area contributed by atoms with Gasteiger partial charge in [0.1, 0.15) is 16.6 Å². The van der Waals surface area contributed by atoms with Gasteiger partial charge in [0, 0.05) is 12.0 Å². The van der Waals surface area contributed by atoms with Crippen LogP contribution in [0, 0.1) is 17.2 Å². The highest BCUT2D eigenvalue weighted by molar-refractivity contribution is 7.19. The average Bonchev–Trinajstić information content (AvgIpc) is 3.27. The normalized spacial score (nSPS) is 25.3. The number of nitrogen functional groups attached to an aromatic ring is 1. The Labute approximate surface area is 127 Å². The van der Waals surface area contributed by atoms with Crippen molar-refractivity contribution in [3.63, 3.8) is 0 Å². The van der Waals surface area contributed by atoms with Gasteiger partial charge in [0.15, 0.2) is 5.78 Å². The van der Waals surface area contributed by atoms with Crippen molar-refractivity contribution >= 4 is 27.8 Å². The highest BCUT2D eigenvalue weighted by Gasteiger charge is 2.34. The number of nitriles is 1. The van der Waals surface area contributed by atoms with Gasteiger partial charge in [-0.25, -0.2) is 0 Å². The largest absolute Gasteiger partial charge is 0.396 e. The number of ketones is 1. The first-order valence-corrected chi connectivity index (χ1v) is 8.23. The second-order valence-corrected chi connectivity index (χ2v) is 6.97. The minimum absolute atomic E-state index is 0.0844. The average molecular weight is 305 g/mol. The van der Waals surface area contributed by atoms with Crippen molar-refractivity contribution in [1.82, 2.24) is 0 Å². The Morgan fingerprint density at radius 2 is 1.95 bits per heavy atom. The van der Waals surface area contributed by atoms with Crippen LogP contribution < -0.4 is 11.1 Å². The molecule has 112 valence electrons. The van der Waals surface area contributed by atoms with E-state index in [4.69, 9.17) is 5.73 Å². The monoisotopic (exact) mass is 305 g/mol. The zero-order valence-electron chi connectivity index (χ0n) is 11.8. The molecule has 2 saturated carbocycles. The zero-order chi connectivity index (χ0) is 15.0. The summed E-state index contributed by atoms with van der Waals surface area (Å²) in [5.74, 6) is 0.191. The number of carbonyl (C=O) groups is 1. The van der Waals surface area contributed by atoms with Crippen LogP contribution in [0.5, 0.6) is 0 Å². The summed E-state index contributed by atoms with van der Waals surface area (Å²) >= 11 is 1.31. The van der Waals surface area contributed by atoms with E-state index in [9.17, 15) is 15.2 Å². The van der Waals surface area contributed by atoms with E-state index in [2.05, 4.69) is 11.4 Å². The molecule has 2 fully saturated rings. The van der Waals surface area contributed by atoms with Gasteiger partial charge in [-0.1, -0.05) is 0 Å². The second-order valence-electron chi connectivity index (χ2n) is 5.95. The summed E-state index contributed by atoms with van der Waals surface area (Å²) in [7, 11) is 0. The summed E-state index contributed by atoms with van der Waals surface area (Å²) in [6.07, 6.45) is 4.94. The number of thiophene rings is 1. The molecule has 3 rings (SSSR count). The number of nitrogens with two attached hydrogens (primary N) is 1. The van der Waals surface area contributed by atoms with Crippen molar-refractivity contribution in [3.05, 3.63) is 10.4 Å². The molecule has 2 aliphatic rings. The van der Waals surface area contributed by atoms with Crippen LogP contribution in [0.1, 0.15) is 53.8 Å². The van der Waals surface area contributed by atoms with E-state index < -0.39 is 0 Å². The predicted molar refractivity (Wildman–Crippen MR) is 82.4 cm³/mol. The van der Waals surface area contributed by atoms with Gasteiger partial charge in [0.25, 0.3) is 0 Å². The lowest BCUT2D eigenvalue weighted by Crippen LogP contribution is -2.28. The molecule has 0 radical (unpaired) electrons. The van der Waals surface area contributed by atoms with Gasteiger partial charge in [-0.3, -0.25) is 4.79 Å². The maximum Gasteiger partial charge on any atom is 0.178 e. The zero-order valence-corrected chi connectivity index (χ0v) is 12.6. The van der Waals surface area contributed by atoms with Gasteiger partial charge >= 0.3 is 0 Å². The molecule has 0 bridgehead atoms. The van der Waals surface area contributed by atoms with Crippen LogP contribution >= 0.6 is 11.3 Å². The molecule has 5 nitrogen and oxygen atoms in total. The van der Waals surface area contributed by atoms with E-state index >= 15 is 0 Å². The highest BCUT2D eigenvalue weighted by Crippen LogP contribution is 2.42. The fourth-order valence-electron chi connectivity index (χ4n) is 2.78. The smallest absolute Gasteiger partial charge is 0.178 e. The van der Waals surface area contributed by atoms with Crippen LogP contribution in [0.25, 0.3) is 0 Å². The Morgan fingerprint density at radius 1 is 1.29 bits per heavy atom. The lowest BCUT2D eigenvalue weighted by molar-refractivity contribution is 0.0972. The summed E-state index contributed by atoms with van der Waals surface area (Å²) in [6.45, 7) is 0. The maximum atomic E-state index is 12.2. The first-order chi connectivity index (χ1) is 10.1. The Hall–Kier alpha value is -1.58. The van der Waals surface area contributed by atoms with Crippen LogP contribution in [0.3, 0.4) is 0 Å². The number of hydrogen-bond acceptors (Lipinski definition) is 6. The topological polar surface area (TPSA) is 99.1 Å². The molecule has 1 heterocycles. The van der Waals surface area contributed by atoms with Crippen molar-refractivity contribution in [2.24, 2.45) is 5.92 Å². The van der Waals surface area contributed by atoms with E-state index in [0.29, 0.717) is 21.1 Å². The lowest BCUT2D eigenvalue weighted by Gasteiger charge is -2.26. The number of rotatable bonds is 4. The number of hydrogen-bond donors (Lipinski definition) is 3. The van der Waals surface area contributed by atoms with Gasteiger partial charge in [-0.15, -0.1) is 11.3 Å². The maximum absolute atomic E-state index is 12.2. The molecule has 0 atom stereocenters. The summed E-state index contributed by atoms with van der Waals surface area (Å²) in [5, 5.41) is 22.9. The second kappa shape index (κ2) is 5.66. The van der Waals surface area contributed by atoms with Crippen LogP contribution in [0.15, 0.2) is 0 Å². The third kappa shape index (κ3) is 2.89. The van der Waals surface area contributed by atoms with Crippen LogP contribution in [0.4, 0.5) is 10.7 Å². The number of anilines is 2. The van der Waals surface area contributed by atoms with Crippen molar-refractivity contribution in [1.29, 1.82) is 5.26 Å². The van der Waals surface area contributed by atoms with Crippen molar-refractivity contribution < 1.29 is 9.90 Å². The van der Waals surface area contributed by atoms with Crippen LogP contribution in [-0.2, 0) is 0 Å². The highest BCUT2D eigenvalue weighted by atomic mass is 32.1. The van der Waals surface area contributed by atoms with Crippen LogP contribution in [0.2, 0.25) is 0 Å². The molecular formula is C15H19N3O2S. The molecule has 1 aromatic rings. The lowest BCUT2D eigenvalue weighted by atomic mass is 9.93. The SMILES string of the molecule is N#Cc1c(NC2CCC(O)CC2)sc(C(=O)C2CC2)c1N. The number of carbonyl (C=O) groups excluding carboxylic acids is 1. The quantitative estimate of drug-likeness (QED) is 0.742. The number of nitrogens with one attached hydrogen (secondary N) is 1. The number of aliphatic hydroxyl groups excluding tert-OH is 1. The molecule has 0 spiro atoms. The molecule has 0 saturated heterocycles. The van der Waals surface area contributed by atoms with E-state index in [0.717, 1.165) is 38.5 Å². The Balaban J connectivity index is 1.79. The van der Waals surface area contributed by atoms with E-state index in [1.807, 2.05) is 0 Å². The van der Waals surface area contributed by atoms with Gasteiger partial charge < -0.3 is 16.2 Å². The molecule has 0 aliphatic heterocycles. The first kappa shape index (κ1) is 14.4. The van der Waals surface area contributed by atoms with Crippen molar-refractivity contribution in [2.75, 3.05) is 11.1 Å². The number of Topliss-reactive ketones (excluding diaryl/α,β-unsaturated/α-hetero) is 1. The van der Waals surface area contributed by atoms with Gasteiger partial charge in [0.2, 0.25) is 0 Å². The molecule has 1 aromatic heterocycles. The predicted octanol–water partition coefficient (Wildman–Crippen LogP) is 2.51. The van der Waals surface area contributed by atoms with Gasteiger partial charge in [-0.2, -0.15) is 5.26 Å². The fraction of sp³-hybridized carbons (Fsp3) is 0.600. The van der Waals surface area contributed by atoms with E-state index in [1.165, 1.54) is 11.3 Å². The van der Waals surface area contributed by atoms with Gasteiger partial charge in [-0.05, 0) is 38.5 Å². The summed E-state index contributed by atoms with van der Waals surface area (Å²) in [6, 6.07) is 2.36. The third-order valence-corrected chi connectivity index (χ3v) is 5.41. The molecule has 0 unspecified atom stereocenters. The fourth-order valence-corrected chi connectivity index (χ4v) is 3.94. The molecule has 0 aromatic carbocycles. The van der Waals surface area contributed by atoms with Crippen molar-refractivity contribution in [3.8, 4) is 6.07 Å². The Bertz CT molecular complexity index is 593. The number of aliphatic hydroxyl groups is 1. The molecule has 0 amide bonds. The minimum atomic E-state index is -0.209. The van der Waals surface area contributed by atoms with Gasteiger partial charge in [0.05, 0.1) is 16.7 Å². The molecular weight excluding hydrogens is 286 g/mol. The minimum Gasteiger partial charge on any atom is -0.396 e. The summed E-state index contributed by atoms with van der Waals surface area (Å²) in [4.78, 5) is 12.7. The molecule has 4 N–H and O–H groups in total. The first-order valence-electron chi connectivity index (χ1n) is 7.41. The Kier molecular flexibility index (Phi) is 3.87. The molecule has 2 aliphatic carbocycles. The number of nitrogens with zero attached hydrogens (tertiary/aromatic N) is 1. The van der Waals surface area contributed by atoms with Crippen LogP contribution in [-0.4, -0.2) is 23.0 Å². The van der Waals surface area contributed by atoms with E-state index in [-0.39, 0.29) is 23.8 Å². The molecule has 6 heteroatoms.